The molecule has 4 aromatic rings. The van der Waals surface area contributed by atoms with Gasteiger partial charge in [-0.05, 0) is 66.6 Å². The Kier molecular flexibility index (Phi) is 5.42. The topological polar surface area (TPSA) is 79.7 Å². The molecule has 0 unspecified atom stereocenters. The average molecular weight is 565 g/mol. The highest BCUT2D eigenvalue weighted by atomic mass is 79.9. The van der Waals surface area contributed by atoms with Gasteiger partial charge in [0.2, 0.25) is 0 Å². The van der Waals surface area contributed by atoms with Crippen molar-refractivity contribution < 1.29 is 23.8 Å². The monoisotopic (exact) mass is 564 g/mol. The summed E-state index contributed by atoms with van der Waals surface area (Å²) in [7, 11) is 0. The third-order valence-electron chi connectivity index (χ3n) is 6.34. The number of benzene rings is 3. The molecule has 1 amide bonds. The highest BCUT2D eigenvalue weighted by Crippen LogP contribution is 2.45. The van der Waals surface area contributed by atoms with Crippen LogP contribution in [-0.4, -0.2) is 27.9 Å². The maximum atomic E-state index is 13.8. The number of carbonyl (C=O) groups is 2. The maximum absolute atomic E-state index is 13.8. The number of ketones is 1. The lowest BCUT2D eigenvalue weighted by molar-refractivity contribution is -0.132. The number of aliphatic hydroxyl groups is 1. The Bertz CT molecular complexity index is 1600. The molecule has 1 aromatic heterocycles. The molecule has 1 saturated heterocycles. The van der Waals surface area contributed by atoms with Gasteiger partial charge in [0, 0.05) is 16.5 Å². The van der Waals surface area contributed by atoms with Crippen LogP contribution in [0.5, 0.6) is 5.75 Å². The van der Waals surface area contributed by atoms with Crippen LogP contribution >= 0.6 is 27.3 Å². The summed E-state index contributed by atoms with van der Waals surface area (Å²) < 4.78 is 20.9. The van der Waals surface area contributed by atoms with Crippen molar-refractivity contribution >= 4 is 60.1 Å². The van der Waals surface area contributed by atoms with Crippen LogP contribution in [0.25, 0.3) is 16.0 Å². The summed E-state index contributed by atoms with van der Waals surface area (Å²) in [4.78, 5) is 32.6. The molecule has 0 spiro atoms. The zero-order valence-corrected chi connectivity index (χ0v) is 21.3. The van der Waals surface area contributed by atoms with Crippen LogP contribution in [0.4, 0.5) is 9.52 Å². The van der Waals surface area contributed by atoms with E-state index in [-0.39, 0.29) is 22.6 Å². The van der Waals surface area contributed by atoms with Crippen molar-refractivity contribution in [1.82, 2.24) is 4.98 Å². The van der Waals surface area contributed by atoms with Crippen molar-refractivity contribution in [2.45, 2.75) is 25.5 Å². The highest BCUT2D eigenvalue weighted by molar-refractivity contribution is 9.10. The summed E-state index contributed by atoms with van der Waals surface area (Å²) >= 11 is 4.53. The minimum absolute atomic E-state index is 0.0228. The number of thiazole rings is 1. The molecule has 6 rings (SSSR count). The van der Waals surface area contributed by atoms with Gasteiger partial charge in [0.05, 0.1) is 21.8 Å². The van der Waals surface area contributed by atoms with Gasteiger partial charge < -0.3 is 9.84 Å². The number of aromatic nitrogens is 1. The highest BCUT2D eigenvalue weighted by Gasteiger charge is 2.48. The number of rotatable bonds is 3. The van der Waals surface area contributed by atoms with Gasteiger partial charge in [0.15, 0.2) is 5.13 Å². The van der Waals surface area contributed by atoms with Crippen molar-refractivity contribution in [3.8, 4) is 5.75 Å². The Balaban J connectivity index is 1.53. The van der Waals surface area contributed by atoms with E-state index in [2.05, 4.69) is 20.9 Å². The molecule has 3 heterocycles. The Morgan fingerprint density at radius 3 is 2.69 bits per heavy atom. The number of hydrogen-bond donors (Lipinski definition) is 1. The lowest BCUT2D eigenvalue weighted by Gasteiger charge is -2.23. The second kappa shape index (κ2) is 8.53. The van der Waals surface area contributed by atoms with Gasteiger partial charge in [0.25, 0.3) is 5.78 Å². The van der Waals surface area contributed by atoms with E-state index in [1.54, 1.807) is 42.5 Å². The van der Waals surface area contributed by atoms with Crippen molar-refractivity contribution in [2.24, 2.45) is 0 Å². The summed E-state index contributed by atoms with van der Waals surface area (Å²) in [6.45, 7) is 1.96. The number of ether oxygens (including phenoxy) is 1. The van der Waals surface area contributed by atoms with Crippen LogP contribution < -0.4 is 9.64 Å². The number of halogens is 2. The lowest BCUT2D eigenvalue weighted by atomic mass is 9.94. The fraction of sp³-hybridized carbons (Fsp3) is 0.148. The Morgan fingerprint density at radius 1 is 1.14 bits per heavy atom. The van der Waals surface area contributed by atoms with Gasteiger partial charge in [0.1, 0.15) is 23.4 Å². The van der Waals surface area contributed by atoms with E-state index < -0.39 is 23.5 Å². The molecule has 3 aromatic carbocycles. The second-order valence-corrected chi connectivity index (χ2v) is 10.7. The predicted molar refractivity (Wildman–Crippen MR) is 139 cm³/mol. The first-order valence-electron chi connectivity index (χ1n) is 11.2. The molecule has 6 nitrogen and oxygen atoms in total. The van der Waals surface area contributed by atoms with Crippen LogP contribution in [0.2, 0.25) is 0 Å². The summed E-state index contributed by atoms with van der Waals surface area (Å²) in [5.74, 6) is -1.55. The SMILES string of the molecule is C[C@@H]1Cc2cc(/C(O)=C3\C(=O)C(=O)N(c4nc5ccc(F)cc5s4)[C@H]3c3ccc(Br)cc3)ccc2O1. The number of fused-ring (bicyclic) bond motifs is 2. The number of aliphatic hydroxyl groups excluding tert-OH is 1. The smallest absolute Gasteiger partial charge is 0.301 e. The minimum Gasteiger partial charge on any atom is -0.507 e. The molecule has 2 aliphatic heterocycles. The zero-order valence-electron chi connectivity index (χ0n) is 18.9. The molecule has 2 aliphatic rings. The quantitative estimate of drug-likeness (QED) is 0.183. The van der Waals surface area contributed by atoms with E-state index >= 15 is 0 Å². The molecule has 0 bridgehead atoms. The Morgan fingerprint density at radius 2 is 1.92 bits per heavy atom. The summed E-state index contributed by atoms with van der Waals surface area (Å²) in [5.41, 5.74) is 2.47. The molecule has 9 heteroatoms. The van der Waals surface area contributed by atoms with Gasteiger partial charge in [-0.1, -0.05) is 39.4 Å². The van der Waals surface area contributed by atoms with E-state index in [9.17, 15) is 19.1 Å². The first-order chi connectivity index (χ1) is 17.3. The van der Waals surface area contributed by atoms with Crippen molar-refractivity contribution in [3.05, 3.63) is 93.2 Å². The summed E-state index contributed by atoms with van der Waals surface area (Å²) in [6, 6.07) is 15.7. The second-order valence-electron chi connectivity index (χ2n) is 8.78. The summed E-state index contributed by atoms with van der Waals surface area (Å²) in [5, 5.41) is 11.6. The lowest BCUT2D eigenvalue weighted by Crippen LogP contribution is -2.29. The van der Waals surface area contributed by atoms with Gasteiger partial charge in [-0.2, -0.15) is 0 Å². The molecular formula is C27H18BrFN2O4S. The third kappa shape index (κ3) is 3.70. The fourth-order valence-corrected chi connectivity index (χ4v) is 5.99. The number of Topliss-reactive ketones (excluding diaryl/α,β-unsaturated/α-hetero) is 1. The van der Waals surface area contributed by atoms with E-state index in [1.165, 1.54) is 23.1 Å². The van der Waals surface area contributed by atoms with Gasteiger partial charge in [-0.3, -0.25) is 14.5 Å². The number of anilines is 1. The molecule has 180 valence electrons. The number of carbonyl (C=O) groups excluding carboxylic acids is 2. The Hall–Kier alpha value is -3.56. The molecule has 0 saturated carbocycles. The molecule has 0 aliphatic carbocycles. The molecule has 2 atom stereocenters. The van der Waals surface area contributed by atoms with E-state index in [4.69, 9.17) is 4.74 Å². The average Bonchev–Trinajstić information content (AvgIpc) is 3.51. The van der Waals surface area contributed by atoms with Crippen LogP contribution in [0.1, 0.15) is 29.7 Å². The minimum atomic E-state index is -0.910. The Labute approximate surface area is 217 Å². The van der Waals surface area contributed by atoms with Gasteiger partial charge >= 0.3 is 5.91 Å². The van der Waals surface area contributed by atoms with Crippen molar-refractivity contribution in [1.29, 1.82) is 0 Å². The van der Waals surface area contributed by atoms with E-state index in [0.717, 1.165) is 27.1 Å². The molecular weight excluding hydrogens is 547 g/mol. The molecule has 1 fully saturated rings. The van der Waals surface area contributed by atoms with Crippen molar-refractivity contribution in [3.63, 3.8) is 0 Å². The van der Waals surface area contributed by atoms with Gasteiger partial charge in [-0.25, -0.2) is 9.37 Å². The largest absolute Gasteiger partial charge is 0.507 e. The zero-order chi connectivity index (χ0) is 25.1. The number of nitrogens with zero attached hydrogens (tertiary/aromatic N) is 2. The molecule has 36 heavy (non-hydrogen) atoms. The van der Waals surface area contributed by atoms with Crippen LogP contribution in [0.3, 0.4) is 0 Å². The number of amides is 1. The van der Waals surface area contributed by atoms with E-state index in [1.807, 2.05) is 6.92 Å². The molecule has 1 N–H and O–H groups in total. The van der Waals surface area contributed by atoms with Gasteiger partial charge in [-0.15, -0.1) is 0 Å². The normalized spacial score (nSPS) is 20.7. The fourth-order valence-electron chi connectivity index (χ4n) is 4.70. The standard InChI is InChI=1S/C27H18BrFN2O4S/c1-13-10-16-11-15(4-9-20(16)35-13)24(32)22-23(14-2-5-17(28)6-3-14)31(26(34)25(22)33)27-30-19-8-7-18(29)12-21(19)36-27/h2-9,11-13,23,32H,10H2,1H3/b24-22+/t13-,23+/m1/s1. The third-order valence-corrected chi connectivity index (χ3v) is 7.89. The first kappa shape index (κ1) is 22.9. The maximum Gasteiger partial charge on any atom is 0.301 e. The van der Waals surface area contributed by atoms with Crippen LogP contribution in [0, 0.1) is 5.82 Å². The van der Waals surface area contributed by atoms with Crippen LogP contribution in [-0.2, 0) is 16.0 Å². The summed E-state index contributed by atoms with van der Waals surface area (Å²) in [6.07, 6.45) is 0.707. The predicted octanol–water partition coefficient (Wildman–Crippen LogP) is 6.15. The molecule has 0 radical (unpaired) electrons. The van der Waals surface area contributed by atoms with E-state index in [0.29, 0.717) is 27.8 Å². The number of hydrogen-bond acceptors (Lipinski definition) is 6. The van der Waals surface area contributed by atoms with Crippen molar-refractivity contribution in [2.75, 3.05) is 4.90 Å². The van der Waals surface area contributed by atoms with Crippen LogP contribution in [0.15, 0.2) is 70.7 Å². The first-order valence-corrected chi connectivity index (χ1v) is 12.8.